The zero-order valence-electron chi connectivity index (χ0n) is 9.36. The third kappa shape index (κ3) is 1.87. The molecule has 1 amide bonds. The van der Waals surface area contributed by atoms with E-state index in [0.717, 1.165) is 25.7 Å². The van der Waals surface area contributed by atoms with Crippen LogP contribution in [0.5, 0.6) is 5.75 Å². The summed E-state index contributed by atoms with van der Waals surface area (Å²) in [6.07, 6.45) is 5.62. The van der Waals surface area contributed by atoms with Crippen molar-refractivity contribution in [2.75, 3.05) is 0 Å². The van der Waals surface area contributed by atoms with Crippen LogP contribution in [0.4, 0.5) is 0 Å². The molecule has 0 saturated heterocycles. The highest BCUT2D eigenvalue weighted by Crippen LogP contribution is 2.35. The summed E-state index contributed by atoms with van der Waals surface area (Å²) in [5.41, 5.74) is 0.0448. The Hall–Kier alpha value is -1.58. The lowest BCUT2D eigenvalue weighted by Gasteiger charge is -2.41. The molecule has 4 heteroatoms. The van der Waals surface area contributed by atoms with Gasteiger partial charge in [0, 0.05) is 11.7 Å². The number of rotatable bonds is 3. The molecule has 0 aromatic carbocycles. The Morgan fingerprint density at radius 2 is 2.38 bits per heavy atom. The second-order valence-electron chi connectivity index (χ2n) is 4.31. The number of hydrogen-bond acceptors (Lipinski definition) is 3. The first kappa shape index (κ1) is 10.9. The van der Waals surface area contributed by atoms with Gasteiger partial charge in [0.05, 0.1) is 0 Å². The molecule has 2 N–H and O–H groups in total. The molecule has 1 aliphatic rings. The smallest absolute Gasteiger partial charge is 0.274 e. The summed E-state index contributed by atoms with van der Waals surface area (Å²) in [4.78, 5) is 15.8. The van der Waals surface area contributed by atoms with Gasteiger partial charge in [0.2, 0.25) is 0 Å². The Balaban J connectivity index is 2.11. The van der Waals surface area contributed by atoms with E-state index in [4.69, 9.17) is 0 Å². The van der Waals surface area contributed by atoms with Crippen molar-refractivity contribution in [2.24, 2.45) is 0 Å². The normalized spacial score (nSPS) is 17.6. The van der Waals surface area contributed by atoms with Crippen LogP contribution in [0.25, 0.3) is 0 Å². The fraction of sp³-hybridized carbons (Fsp3) is 0.500. The van der Waals surface area contributed by atoms with Crippen LogP contribution in [0, 0.1) is 0 Å². The van der Waals surface area contributed by atoms with Crippen molar-refractivity contribution in [1.29, 1.82) is 0 Å². The second-order valence-corrected chi connectivity index (χ2v) is 4.31. The number of nitrogens with one attached hydrogen (secondary N) is 1. The number of carbonyl (C=O) groups excluding carboxylic acids is 1. The van der Waals surface area contributed by atoms with Crippen LogP contribution < -0.4 is 5.32 Å². The van der Waals surface area contributed by atoms with Gasteiger partial charge in [-0.15, -0.1) is 0 Å². The van der Waals surface area contributed by atoms with Crippen LogP contribution >= 0.6 is 0 Å². The van der Waals surface area contributed by atoms with E-state index in [1.54, 1.807) is 6.07 Å². The van der Waals surface area contributed by atoms with Crippen LogP contribution in [-0.2, 0) is 0 Å². The van der Waals surface area contributed by atoms with Crippen molar-refractivity contribution < 1.29 is 9.90 Å². The Morgan fingerprint density at radius 3 is 2.88 bits per heavy atom. The maximum absolute atomic E-state index is 11.9. The lowest BCUT2D eigenvalue weighted by molar-refractivity contribution is 0.0812. The minimum Gasteiger partial charge on any atom is -0.505 e. The van der Waals surface area contributed by atoms with Gasteiger partial charge in [-0.2, -0.15) is 0 Å². The Kier molecular flexibility index (Phi) is 2.81. The van der Waals surface area contributed by atoms with Crippen molar-refractivity contribution in [1.82, 2.24) is 10.3 Å². The van der Waals surface area contributed by atoms with E-state index in [-0.39, 0.29) is 22.9 Å². The molecule has 1 heterocycles. The SMILES string of the molecule is CCC1(NC(=O)c2ncccc2O)CCC1. The summed E-state index contributed by atoms with van der Waals surface area (Å²) in [6.45, 7) is 2.07. The molecule has 0 bridgehead atoms. The van der Waals surface area contributed by atoms with E-state index in [1.807, 2.05) is 0 Å². The fourth-order valence-corrected chi connectivity index (χ4v) is 2.04. The predicted molar refractivity (Wildman–Crippen MR) is 60.2 cm³/mol. The van der Waals surface area contributed by atoms with E-state index in [0.29, 0.717) is 0 Å². The maximum atomic E-state index is 11.9. The molecule has 4 nitrogen and oxygen atoms in total. The lowest BCUT2D eigenvalue weighted by Crippen LogP contribution is -2.53. The third-order valence-electron chi connectivity index (χ3n) is 3.37. The Labute approximate surface area is 94.7 Å². The molecule has 16 heavy (non-hydrogen) atoms. The molecule has 0 atom stereocenters. The minimum atomic E-state index is -0.278. The molecule has 0 unspecified atom stereocenters. The maximum Gasteiger partial charge on any atom is 0.274 e. The molecule has 1 aromatic heterocycles. The molecule has 0 aliphatic heterocycles. The van der Waals surface area contributed by atoms with Crippen LogP contribution in [0.15, 0.2) is 18.3 Å². The first-order chi connectivity index (χ1) is 7.67. The zero-order valence-corrected chi connectivity index (χ0v) is 9.36. The monoisotopic (exact) mass is 220 g/mol. The number of hydrogen-bond donors (Lipinski definition) is 2. The highest BCUT2D eigenvalue weighted by Gasteiger charge is 2.37. The number of pyridine rings is 1. The number of aromatic nitrogens is 1. The van der Waals surface area contributed by atoms with E-state index in [1.165, 1.54) is 12.3 Å². The summed E-state index contributed by atoms with van der Waals surface area (Å²) in [6, 6.07) is 3.08. The summed E-state index contributed by atoms with van der Waals surface area (Å²) in [5, 5.41) is 12.5. The lowest BCUT2D eigenvalue weighted by atomic mass is 9.75. The van der Waals surface area contributed by atoms with Gasteiger partial charge < -0.3 is 10.4 Å². The predicted octanol–water partition coefficient (Wildman–Crippen LogP) is 1.85. The van der Waals surface area contributed by atoms with Gasteiger partial charge >= 0.3 is 0 Å². The summed E-state index contributed by atoms with van der Waals surface area (Å²) >= 11 is 0. The van der Waals surface area contributed by atoms with Crippen molar-refractivity contribution in [3.05, 3.63) is 24.0 Å². The zero-order chi connectivity index (χ0) is 11.6. The highest BCUT2D eigenvalue weighted by molar-refractivity contribution is 5.95. The number of aromatic hydroxyl groups is 1. The van der Waals surface area contributed by atoms with E-state index in [2.05, 4.69) is 17.2 Å². The molecule has 86 valence electrons. The van der Waals surface area contributed by atoms with Gasteiger partial charge in [0.15, 0.2) is 5.69 Å². The fourth-order valence-electron chi connectivity index (χ4n) is 2.04. The minimum absolute atomic E-state index is 0.0643. The van der Waals surface area contributed by atoms with Crippen LogP contribution in [-0.4, -0.2) is 21.5 Å². The van der Waals surface area contributed by atoms with Gasteiger partial charge in [0.25, 0.3) is 5.91 Å². The average Bonchev–Trinajstić information content (AvgIpc) is 2.24. The molecule has 1 aromatic rings. The summed E-state index contributed by atoms with van der Waals surface area (Å²) in [7, 11) is 0. The molecule has 2 rings (SSSR count). The first-order valence-corrected chi connectivity index (χ1v) is 5.63. The van der Waals surface area contributed by atoms with E-state index in [9.17, 15) is 9.90 Å². The van der Waals surface area contributed by atoms with Gasteiger partial charge in [-0.25, -0.2) is 4.98 Å². The molecule has 1 fully saturated rings. The van der Waals surface area contributed by atoms with E-state index >= 15 is 0 Å². The van der Waals surface area contributed by atoms with E-state index < -0.39 is 0 Å². The largest absolute Gasteiger partial charge is 0.505 e. The summed E-state index contributed by atoms with van der Waals surface area (Å²) in [5.74, 6) is -0.342. The van der Waals surface area contributed by atoms with Crippen molar-refractivity contribution in [2.45, 2.75) is 38.1 Å². The van der Waals surface area contributed by atoms with Crippen LogP contribution in [0.1, 0.15) is 43.1 Å². The third-order valence-corrected chi connectivity index (χ3v) is 3.37. The van der Waals surface area contributed by atoms with Crippen molar-refractivity contribution in [3.8, 4) is 5.75 Å². The van der Waals surface area contributed by atoms with Gasteiger partial charge in [-0.1, -0.05) is 6.92 Å². The summed E-state index contributed by atoms with van der Waals surface area (Å²) < 4.78 is 0. The van der Waals surface area contributed by atoms with Crippen molar-refractivity contribution >= 4 is 5.91 Å². The Bertz CT molecular complexity index is 394. The highest BCUT2D eigenvalue weighted by atomic mass is 16.3. The molecule has 0 spiro atoms. The molecular formula is C12H16N2O2. The second kappa shape index (κ2) is 4.12. The molecular weight excluding hydrogens is 204 g/mol. The number of carbonyl (C=O) groups is 1. The van der Waals surface area contributed by atoms with Crippen molar-refractivity contribution in [3.63, 3.8) is 0 Å². The Morgan fingerprint density at radius 1 is 1.62 bits per heavy atom. The van der Waals surface area contributed by atoms with Gasteiger partial charge in [-0.05, 0) is 37.8 Å². The topological polar surface area (TPSA) is 62.2 Å². The molecule has 1 aliphatic carbocycles. The van der Waals surface area contributed by atoms with Gasteiger partial charge in [-0.3, -0.25) is 4.79 Å². The standard InChI is InChI=1S/C12H16N2O2/c1-2-12(6-4-7-12)14-11(16)10-9(15)5-3-8-13-10/h3,5,8,15H,2,4,6-7H2,1H3,(H,14,16). The average molecular weight is 220 g/mol. The number of nitrogens with zero attached hydrogens (tertiary/aromatic N) is 1. The first-order valence-electron chi connectivity index (χ1n) is 5.63. The molecule has 0 radical (unpaired) electrons. The quantitative estimate of drug-likeness (QED) is 0.817. The van der Waals surface area contributed by atoms with Gasteiger partial charge in [0.1, 0.15) is 5.75 Å². The van der Waals surface area contributed by atoms with Crippen LogP contribution in [0.3, 0.4) is 0 Å². The van der Waals surface area contributed by atoms with Crippen LogP contribution in [0.2, 0.25) is 0 Å². The molecule has 1 saturated carbocycles. The number of amides is 1.